The molecule has 1 aromatic carbocycles. The first kappa shape index (κ1) is 13.9. The second kappa shape index (κ2) is 6.60. The Morgan fingerprint density at radius 1 is 1.37 bits per heavy atom. The number of carbonyl (C=O) groups excluding carboxylic acids is 1. The number of carbonyl (C=O) groups is 1. The number of aryl methyl sites for hydroxylation is 1. The fraction of sp³-hybridized carbons (Fsp3) is 0.562. The van der Waals surface area contributed by atoms with Crippen molar-refractivity contribution < 1.29 is 4.79 Å². The lowest BCUT2D eigenvalue weighted by atomic mass is 10.1. The number of hydrogen-bond acceptors (Lipinski definition) is 1. The average Bonchev–Trinajstić information content (AvgIpc) is 2.82. The molecule has 19 heavy (non-hydrogen) atoms. The van der Waals surface area contributed by atoms with Crippen molar-refractivity contribution in [3.63, 3.8) is 0 Å². The van der Waals surface area contributed by atoms with Crippen molar-refractivity contribution in [1.29, 1.82) is 0 Å². The molecule has 0 aliphatic heterocycles. The van der Waals surface area contributed by atoms with Crippen molar-refractivity contribution in [2.45, 2.75) is 45.1 Å². The van der Waals surface area contributed by atoms with Gasteiger partial charge in [0.25, 0.3) is 0 Å². The highest BCUT2D eigenvalue weighted by molar-refractivity contribution is 5.74. The molecule has 1 aliphatic carbocycles. The van der Waals surface area contributed by atoms with E-state index in [0.717, 1.165) is 25.8 Å². The van der Waals surface area contributed by atoms with Gasteiger partial charge in [-0.2, -0.15) is 0 Å². The van der Waals surface area contributed by atoms with Crippen molar-refractivity contribution >= 4 is 6.03 Å². The van der Waals surface area contributed by atoms with Crippen LogP contribution in [0.4, 0.5) is 4.79 Å². The predicted octanol–water partition coefficient (Wildman–Crippen LogP) is 3.51. The standard InChI is InChI=1S/C16H24N2O/c1-3-4-7-12-18(2)16(19)17-15-11-10-13-8-5-6-9-14(13)15/h5-6,8-9,15H,3-4,7,10-12H2,1-2H3,(H,17,19). The molecule has 104 valence electrons. The second-order valence-corrected chi connectivity index (χ2v) is 5.37. The fourth-order valence-electron chi connectivity index (χ4n) is 2.67. The first-order chi connectivity index (χ1) is 9.22. The number of amides is 2. The van der Waals surface area contributed by atoms with Gasteiger partial charge in [-0.1, -0.05) is 44.0 Å². The number of fused-ring (bicyclic) bond motifs is 1. The number of benzene rings is 1. The number of urea groups is 1. The summed E-state index contributed by atoms with van der Waals surface area (Å²) in [6, 6.07) is 8.65. The summed E-state index contributed by atoms with van der Waals surface area (Å²) in [5.74, 6) is 0. The highest BCUT2D eigenvalue weighted by Gasteiger charge is 2.24. The van der Waals surface area contributed by atoms with Crippen molar-refractivity contribution in [3.8, 4) is 0 Å². The maximum Gasteiger partial charge on any atom is 0.317 e. The SMILES string of the molecule is CCCCCN(C)C(=O)NC1CCc2ccccc21. The Kier molecular flexibility index (Phi) is 4.83. The van der Waals surface area contributed by atoms with E-state index >= 15 is 0 Å². The monoisotopic (exact) mass is 260 g/mol. The Bertz CT molecular complexity index is 431. The normalized spacial score (nSPS) is 17.1. The van der Waals surface area contributed by atoms with E-state index < -0.39 is 0 Å². The van der Waals surface area contributed by atoms with Crippen molar-refractivity contribution in [2.24, 2.45) is 0 Å². The van der Waals surface area contributed by atoms with Gasteiger partial charge in [-0.15, -0.1) is 0 Å². The van der Waals surface area contributed by atoms with Gasteiger partial charge < -0.3 is 10.2 Å². The first-order valence-electron chi connectivity index (χ1n) is 7.31. The molecule has 0 radical (unpaired) electrons. The van der Waals surface area contributed by atoms with Gasteiger partial charge in [0.15, 0.2) is 0 Å². The largest absolute Gasteiger partial charge is 0.331 e. The summed E-state index contributed by atoms with van der Waals surface area (Å²) in [4.78, 5) is 13.9. The maximum atomic E-state index is 12.1. The van der Waals surface area contributed by atoms with Gasteiger partial charge in [0.05, 0.1) is 6.04 Å². The van der Waals surface area contributed by atoms with Gasteiger partial charge in [-0.05, 0) is 30.4 Å². The van der Waals surface area contributed by atoms with Gasteiger partial charge in [0.2, 0.25) is 0 Å². The van der Waals surface area contributed by atoms with E-state index in [2.05, 4.69) is 30.4 Å². The van der Waals surface area contributed by atoms with E-state index in [1.54, 1.807) is 4.90 Å². The van der Waals surface area contributed by atoms with Crippen molar-refractivity contribution in [2.75, 3.05) is 13.6 Å². The first-order valence-corrected chi connectivity index (χ1v) is 7.31. The minimum atomic E-state index is 0.0535. The van der Waals surface area contributed by atoms with Crippen molar-refractivity contribution in [3.05, 3.63) is 35.4 Å². The quantitative estimate of drug-likeness (QED) is 0.807. The molecule has 0 fully saturated rings. The number of rotatable bonds is 5. The van der Waals surface area contributed by atoms with Crippen LogP contribution in [0.3, 0.4) is 0 Å². The molecule has 1 N–H and O–H groups in total. The van der Waals surface area contributed by atoms with E-state index in [1.165, 1.54) is 24.0 Å². The molecule has 2 rings (SSSR count). The van der Waals surface area contributed by atoms with Crippen LogP contribution < -0.4 is 5.32 Å². The predicted molar refractivity (Wildman–Crippen MR) is 78.2 cm³/mol. The fourth-order valence-corrected chi connectivity index (χ4v) is 2.67. The lowest BCUT2D eigenvalue weighted by molar-refractivity contribution is 0.203. The van der Waals surface area contributed by atoms with E-state index in [-0.39, 0.29) is 12.1 Å². The van der Waals surface area contributed by atoms with Gasteiger partial charge in [-0.25, -0.2) is 4.79 Å². The Labute approximate surface area is 116 Å². The van der Waals surface area contributed by atoms with Gasteiger partial charge >= 0.3 is 6.03 Å². The number of nitrogens with one attached hydrogen (secondary N) is 1. The van der Waals surface area contributed by atoms with E-state index in [9.17, 15) is 4.79 Å². The molecular weight excluding hydrogens is 236 g/mol. The van der Waals surface area contributed by atoms with Crippen LogP contribution in [0.5, 0.6) is 0 Å². The molecule has 0 bridgehead atoms. The Balaban J connectivity index is 1.86. The highest BCUT2D eigenvalue weighted by Crippen LogP contribution is 2.30. The lowest BCUT2D eigenvalue weighted by Gasteiger charge is -2.21. The molecule has 2 amide bonds. The van der Waals surface area contributed by atoms with Crippen LogP contribution in [0.15, 0.2) is 24.3 Å². The summed E-state index contributed by atoms with van der Waals surface area (Å²) in [6.45, 7) is 3.02. The van der Waals surface area contributed by atoms with Crippen LogP contribution in [-0.2, 0) is 6.42 Å². The topological polar surface area (TPSA) is 32.3 Å². The van der Waals surface area contributed by atoms with Gasteiger partial charge in [0.1, 0.15) is 0 Å². The van der Waals surface area contributed by atoms with Crippen LogP contribution in [0.2, 0.25) is 0 Å². The number of unbranched alkanes of at least 4 members (excludes halogenated alkanes) is 2. The van der Waals surface area contributed by atoms with E-state index in [1.807, 2.05) is 13.1 Å². The molecule has 0 saturated heterocycles. The Hall–Kier alpha value is -1.51. The molecule has 0 spiro atoms. The second-order valence-electron chi connectivity index (χ2n) is 5.37. The van der Waals surface area contributed by atoms with Crippen LogP contribution >= 0.6 is 0 Å². The zero-order valence-electron chi connectivity index (χ0n) is 12.0. The molecule has 1 aliphatic rings. The van der Waals surface area contributed by atoms with E-state index in [0.29, 0.717) is 0 Å². The van der Waals surface area contributed by atoms with E-state index in [4.69, 9.17) is 0 Å². The summed E-state index contributed by atoms with van der Waals surface area (Å²) in [7, 11) is 1.88. The third kappa shape index (κ3) is 3.49. The molecule has 1 aromatic rings. The Morgan fingerprint density at radius 3 is 2.95 bits per heavy atom. The van der Waals surface area contributed by atoms with Crippen LogP contribution in [0, 0.1) is 0 Å². The minimum absolute atomic E-state index is 0.0535. The number of nitrogens with zero attached hydrogens (tertiary/aromatic N) is 1. The maximum absolute atomic E-state index is 12.1. The molecular formula is C16H24N2O. The van der Waals surface area contributed by atoms with Crippen LogP contribution in [0.25, 0.3) is 0 Å². The summed E-state index contributed by atoms with van der Waals surface area (Å²) >= 11 is 0. The zero-order valence-corrected chi connectivity index (χ0v) is 12.0. The summed E-state index contributed by atoms with van der Waals surface area (Å²) in [6.07, 6.45) is 5.55. The van der Waals surface area contributed by atoms with Gasteiger partial charge in [0, 0.05) is 13.6 Å². The third-order valence-electron chi connectivity index (χ3n) is 3.87. The third-order valence-corrected chi connectivity index (χ3v) is 3.87. The Morgan fingerprint density at radius 2 is 2.16 bits per heavy atom. The molecule has 0 saturated carbocycles. The molecule has 3 heteroatoms. The summed E-state index contributed by atoms with van der Waals surface area (Å²) in [5, 5.41) is 3.15. The zero-order chi connectivity index (χ0) is 13.7. The molecule has 1 unspecified atom stereocenters. The van der Waals surface area contributed by atoms with Crippen LogP contribution in [-0.4, -0.2) is 24.5 Å². The summed E-state index contributed by atoms with van der Waals surface area (Å²) < 4.78 is 0. The van der Waals surface area contributed by atoms with Crippen LogP contribution in [0.1, 0.15) is 49.8 Å². The highest BCUT2D eigenvalue weighted by atomic mass is 16.2. The lowest BCUT2D eigenvalue weighted by Crippen LogP contribution is -2.39. The molecule has 1 atom stereocenters. The van der Waals surface area contributed by atoms with Crippen molar-refractivity contribution in [1.82, 2.24) is 10.2 Å². The molecule has 3 nitrogen and oxygen atoms in total. The average molecular weight is 260 g/mol. The molecule has 0 aromatic heterocycles. The number of hydrogen-bond donors (Lipinski definition) is 1. The smallest absolute Gasteiger partial charge is 0.317 e. The molecule has 0 heterocycles. The minimum Gasteiger partial charge on any atom is -0.331 e. The van der Waals surface area contributed by atoms with Gasteiger partial charge in [-0.3, -0.25) is 0 Å². The summed E-state index contributed by atoms with van der Waals surface area (Å²) in [5.41, 5.74) is 2.67.